The Morgan fingerprint density at radius 1 is 1.12 bits per heavy atom. The minimum absolute atomic E-state index is 0.00273. The van der Waals surface area contributed by atoms with E-state index in [1.54, 1.807) is 13.8 Å². The van der Waals surface area contributed by atoms with Gasteiger partial charge in [-0.1, -0.05) is 26.7 Å². The van der Waals surface area contributed by atoms with Crippen molar-refractivity contribution in [1.29, 1.82) is 0 Å². The Balaban J connectivity index is 1.96. The predicted molar refractivity (Wildman–Crippen MR) is 85.8 cm³/mol. The standard InChI is InChI=1S/C17H26N2O5/c1-3-17(4-2,16(23)24)10-18-13(20)9-19-14(21)11-7-5-6-8-12(11)15(19)22/h11-12H,3-10H2,1-2H3,(H,18,20)(H,23,24). The van der Waals surface area contributed by atoms with Gasteiger partial charge < -0.3 is 10.4 Å². The summed E-state index contributed by atoms with van der Waals surface area (Å²) < 4.78 is 0. The second-order valence-electron chi connectivity index (χ2n) is 6.83. The molecule has 2 aliphatic rings. The van der Waals surface area contributed by atoms with Crippen LogP contribution in [0.15, 0.2) is 0 Å². The van der Waals surface area contributed by atoms with Gasteiger partial charge in [0.05, 0.1) is 17.3 Å². The van der Waals surface area contributed by atoms with Gasteiger partial charge in [-0.2, -0.15) is 0 Å². The van der Waals surface area contributed by atoms with Gasteiger partial charge in [0, 0.05) is 6.54 Å². The van der Waals surface area contributed by atoms with Gasteiger partial charge in [0.25, 0.3) is 0 Å². The van der Waals surface area contributed by atoms with Crippen molar-refractivity contribution in [2.75, 3.05) is 13.1 Å². The zero-order valence-electron chi connectivity index (χ0n) is 14.3. The molecule has 2 N–H and O–H groups in total. The fraction of sp³-hybridized carbons (Fsp3) is 0.765. The van der Waals surface area contributed by atoms with Crippen molar-refractivity contribution in [2.24, 2.45) is 17.3 Å². The molecule has 2 rings (SSSR count). The molecule has 2 unspecified atom stereocenters. The van der Waals surface area contributed by atoms with Crippen molar-refractivity contribution in [3.63, 3.8) is 0 Å². The van der Waals surface area contributed by atoms with Crippen LogP contribution in [0.4, 0.5) is 0 Å². The molecule has 134 valence electrons. The van der Waals surface area contributed by atoms with E-state index < -0.39 is 17.3 Å². The maximum absolute atomic E-state index is 12.3. The second kappa shape index (κ2) is 7.32. The molecule has 3 amide bonds. The van der Waals surface area contributed by atoms with Crippen molar-refractivity contribution in [3.05, 3.63) is 0 Å². The number of carboxylic acid groups (broad SMARTS) is 1. The van der Waals surface area contributed by atoms with Crippen molar-refractivity contribution in [3.8, 4) is 0 Å². The van der Waals surface area contributed by atoms with Gasteiger partial charge in [-0.15, -0.1) is 0 Å². The van der Waals surface area contributed by atoms with Gasteiger partial charge in [0.1, 0.15) is 6.54 Å². The number of amides is 3. The Bertz CT molecular complexity index is 517. The normalized spacial score (nSPS) is 24.0. The first-order valence-electron chi connectivity index (χ1n) is 8.71. The second-order valence-corrected chi connectivity index (χ2v) is 6.83. The highest BCUT2D eigenvalue weighted by Gasteiger charge is 2.48. The van der Waals surface area contributed by atoms with Crippen molar-refractivity contribution in [2.45, 2.75) is 52.4 Å². The molecule has 0 aromatic heterocycles. The Morgan fingerprint density at radius 3 is 2.04 bits per heavy atom. The summed E-state index contributed by atoms with van der Waals surface area (Å²) in [4.78, 5) is 49.3. The first-order chi connectivity index (χ1) is 11.4. The lowest BCUT2D eigenvalue weighted by atomic mass is 9.81. The maximum atomic E-state index is 12.3. The molecule has 0 aromatic rings. The first-order valence-corrected chi connectivity index (χ1v) is 8.71. The van der Waals surface area contributed by atoms with Crippen molar-refractivity contribution in [1.82, 2.24) is 10.2 Å². The Hall–Kier alpha value is -1.92. The van der Waals surface area contributed by atoms with Gasteiger partial charge in [-0.25, -0.2) is 0 Å². The third kappa shape index (κ3) is 3.30. The van der Waals surface area contributed by atoms with Crippen LogP contribution in [-0.4, -0.2) is 46.8 Å². The van der Waals surface area contributed by atoms with Crippen molar-refractivity contribution >= 4 is 23.7 Å². The van der Waals surface area contributed by atoms with Crippen LogP contribution in [0.1, 0.15) is 52.4 Å². The number of nitrogens with one attached hydrogen (secondary N) is 1. The van der Waals surface area contributed by atoms with Gasteiger partial charge in [-0.3, -0.25) is 24.1 Å². The van der Waals surface area contributed by atoms with E-state index in [-0.39, 0.29) is 36.7 Å². The van der Waals surface area contributed by atoms with E-state index in [0.29, 0.717) is 25.7 Å². The number of hydrogen-bond acceptors (Lipinski definition) is 4. The fourth-order valence-electron chi connectivity index (χ4n) is 3.73. The molecule has 2 fully saturated rings. The third-order valence-corrected chi connectivity index (χ3v) is 5.67. The molecule has 2 atom stereocenters. The van der Waals surface area contributed by atoms with Gasteiger partial charge in [0.2, 0.25) is 17.7 Å². The summed E-state index contributed by atoms with van der Waals surface area (Å²) in [7, 11) is 0. The molecule has 0 radical (unpaired) electrons. The molecule has 24 heavy (non-hydrogen) atoms. The number of fused-ring (bicyclic) bond motifs is 1. The molecule has 1 saturated carbocycles. The fourth-order valence-corrected chi connectivity index (χ4v) is 3.73. The van der Waals surface area contributed by atoms with E-state index in [2.05, 4.69) is 5.32 Å². The Morgan fingerprint density at radius 2 is 1.62 bits per heavy atom. The zero-order chi connectivity index (χ0) is 17.9. The van der Waals surface area contributed by atoms with E-state index >= 15 is 0 Å². The highest BCUT2D eigenvalue weighted by molar-refractivity contribution is 6.07. The lowest BCUT2D eigenvalue weighted by Crippen LogP contribution is -2.46. The molecule has 0 aromatic carbocycles. The van der Waals surface area contributed by atoms with Crippen LogP contribution in [-0.2, 0) is 19.2 Å². The predicted octanol–water partition coefficient (Wildman–Crippen LogP) is 1.17. The molecule has 7 nitrogen and oxygen atoms in total. The van der Waals surface area contributed by atoms with Gasteiger partial charge in [-0.05, 0) is 25.7 Å². The number of imide groups is 1. The van der Waals surface area contributed by atoms with E-state index in [1.807, 2.05) is 0 Å². The zero-order valence-corrected chi connectivity index (χ0v) is 14.3. The third-order valence-electron chi connectivity index (χ3n) is 5.67. The molecule has 7 heteroatoms. The molecular weight excluding hydrogens is 312 g/mol. The van der Waals surface area contributed by atoms with Crippen LogP contribution in [0, 0.1) is 17.3 Å². The largest absolute Gasteiger partial charge is 0.481 e. The van der Waals surface area contributed by atoms with E-state index in [1.165, 1.54) is 0 Å². The average Bonchev–Trinajstić information content (AvgIpc) is 2.81. The van der Waals surface area contributed by atoms with Crippen LogP contribution in [0.5, 0.6) is 0 Å². The molecule has 0 bridgehead atoms. The molecule has 1 heterocycles. The summed E-state index contributed by atoms with van der Waals surface area (Å²) in [6, 6.07) is 0. The summed E-state index contributed by atoms with van der Waals surface area (Å²) in [6.45, 7) is 3.22. The van der Waals surface area contributed by atoms with Gasteiger partial charge >= 0.3 is 5.97 Å². The Labute approximate surface area is 141 Å². The minimum Gasteiger partial charge on any atom is -0.481 e. The molecule has 1 aliphatic heterocycles. The molecule has 1 aliphatic carbocycles. The monoisotopic (exact) mass is 338 g/mol. The SMILES string of the molecule is CCC(CC)(CNC(=O)CN1C(=O)C2CCCCC2C1=O)C(=O)O. The number of aliphatic carboxylic acids is 1. The van der Waals surface area contributed by atoms with E-state index in [9.17, 15) is 24.3 Å². The Kier molecular flexibility index (Phi) is 5.62. The topological polar surface area (TPSA) is 104 Å². The van der Waals surface area contributed by atoms with Crippen LogP contribution in [0.2, 0.25) is 0 Å². The number of likely N-dealkylation sites (tertiary alicyclic amines) is 1. The number of nitrogens with zero attached hydrogens (tertiary/aromatic N) is 1. The molecule has 0 spiro atoms. The van der Waals surface area contributed by atoms with Crippen LogP contribution >= 0.6 is 0 Å². The maximum Gasteiger partial charge on any atom is 0.311 e. The lowest BCUT2D eigenvalue weighted by Gasteiger charge is -2.27. The number of carbonyl (C=O) groups is 4. The lowest BCUT2D eigenvalue weighted by molar-refractivity contribution is -0.150. The molecular formula is C17H26N2O5. The summed E-state index contributed by atoms with van der Waals surface area (Å²) in [5.41, 5.74) is -1.01. The first kappa shape index (κ1) is 18.4. The summed E-state index contributed by atoms with van der Waals surface area (Å²) in [6.07, 6.45) is 4.08. The van der Waals surface area contributed by atoms with Crippen LogP contribution in [0.3, 0.4) is 0 Å². The smallest absolute Gasteiger partial charge is 0.311 e. The van der Waals surface area contributed by atoms with Crippen molar-refractivity contribution < 1.29 is 24.3 Å². The number of rotatable bonds is 7. The number of carboxylic acids is 1. The number of hydrogen-bond donors (Lipinski definition) is 2. The summed E-state index contributed by atoms with van der Waals surface area (Å²) in [5, 5.41) is 12.0. The average molecular weight is 338 g/mol. The highest BCUT2D eigenvalue weighted by Crippen LogP contribution is 2.37. The summed E-state index contributed by atoms with van der Waals surface area (Å²) >= 11 is 0. The minimum atomic E-state index is -1.01. The molecule has 1 saturated heterocycles. The van der Waals surface area contributed by atoms with Crippen LogP contribution < -0.4 is 5.32 Å². The van der Waals surface area contributed by atoms with Crippen LogP contribution in [0.25, 0.3) is 0 Å². The number of carbonyl (C=O) groups excluding carboxylic acids is 3. The van der Waals surface area contributed by atoms with Gasteiger partial charge in [0.15, 0.2) is 0 Å². The van der Waals surface area contributed by atoms with E-state index in [0.717, 1.165) is 17.7 Å². The summed E-state index contributed by atoms with van der Waals surface area (Å²) in [5.74, 6) is -2.49. The highest BCUT2D eigenvalue weighted by atomic mass is 16.4. The quantitative estimate of drug-likeness (QED) is 0.678. The van der Waals surface area contributed by atoms with E-state index in [4.69, 9.17) is 0 Å².